The maximum Gasteiger partial charge on any atom is 0.213 e. The van der Waals surface area contributed by atoms with Gasteiger partial charge in [0.05, 0.1) is 0 Å². The highest BCUT2D eigenvalue weighted by Gasteiger charge is 2.03. The third-order valence-electron chi connectivity index (χ3n) is 2.25. The van der Waals surface area contributed by atoms with Crippen molar-refractivity contribution in [1.82, 2.24) is 4.98 Å². The number of aryl methyl sites for hydroxylation is 2. The Bertz CT molecular complexity index is 511. The third-order valence-corrected chi connectivity index (χ3v) is 3.34. The van der Waals surface area contributed by atoms with E-state index in [1.165, 1.54) is 29.0 Å². The van der Waals surface area contributed by atoms with Crippen LogP contribution in [0.3, 0.4) is 0 Å². The smallest absolute Gasteiger partial charge is 0.213 e. The molecule has 0 saturated carbocycles. The van der Waals surface area contributed by atoms with E-state index in [1.807, 2.05) is 19.9 Å². The van der Waals surface area contributed by atoms with E-state index in [2.05, 4.69) is 23.2 Å². The number of aromatic nitrogens is 1. The maximum atomic E-state index is 12.9. The second kappa shape index (κ2) is 4.66. The molecular formula is C13H12FNS. The van der Waals surface area contributed by atoms with Gasteiger partial charge in [-0.25, -0.2) is 4.98 Å². The van der Waals surface area contributed by atoms with E-state index < -0.39 is 5.95 Å². The molecule has 0 bridgehead atoms. The molecule has 16 heavy (non-hydrogen) atoms. The van der Waals surface area contributed by atoms with Crippen LogP contribution < -0.4 is 0 Å². The zero-order valence-corrected chi connectivity index (χ0v) is 10.0. The molecule has 1 heterocycles. The molecule has 0 aliphatic rings. The summed E-state index contributed by atoms with van der Waals surface area (Å²) in [6.07, 6.45) is 0. The fraction of sp³-hybridized carbons (Fsp3) is 0.154. The molecule has 0 fully saturated rings. The van der Waals surface area contributed by atoms with Gasteiger partial charge in [0.25, 0.3) is 0 Å². The Morgan fingerprint density at radius 2 is 1.94 bits per heavy atom. The molecule has 2 aromatic rings. The second-order valence-electron chi connectivity index (χ2n) is 3.67. The highest BCUT2D eigenvalue weighted by atomic mass is 32.2. The van der Waals surface area contributed by atoms with Crippen LogP contribution in [0.25, 0.3) is 0 Å². The normalized spacial score (nSPS) is 10.4. The van der Waals surface area contributed by atoms with Gasteiger partial charge in [-0.3, -0.25) is 0 Å². The van der Waals surface area contributed by atoms with Crippen LogP contribution in [-0.2, 0) is 0 Å². The second-order valence-corrected chi connectivity index (χ2v) is 4.73. The van der Waals surface area contributed by atoms with E-state index in [0.29, 0.717) is 5.03 Å². The minimum absolute atomic E-state index is 0.435. The van der Waals surface area contributed by atoms with Gasteiger partial charge in [-0.1, -0.05) is 30.0 Å². The first-order chi connectivity index (χ1) is 7.65. The lowest BCUT2D eigenvalue weighted by molar-refractivity contribution is 0.572. The summed E-state index contributed by atoms with van der Waals surface area (Å²) < 4.78 is 12.9. The predicted molar refractivity (Wildman–Crippen MR) is 64.2 cm³/mol. The highest BCUT2D eigenvalue weighted by molar-refractivity contribution is 7.99. The van der Waals surface area contributed by atoms with Crippen LogP contribution in [0.2, 0.25) is 0 Å². The Morgan fingerprint density at radius 3 is 2.69 bits per heavy atom. The van der Waals surface area contributed by atoms with Gasteiger partial charge in [-0.05, 0) is 43.2 Å². The predicted octanol–water partition coefficient (Wildman–Crippen LogP) is 3.99. The summed E-state index contributed by atoms with van der Waals surface area (Å²) in [5.41, 5.74) is 2.38. The molecule has 1 aromatic heterocycles. The van der Waals surface area contributed by atoms with E-state index in [0.717, 1.165) is 4.90 Å². The molecule has 0 N–H and O–H groups in total. The molecule has 1 nitrogen and oxygen atoms in total. The summed E-state index contributed by atoms with van der Waals surface area (Å²) in [5.74, 6) is -0.435. The van der Waals surface area contributed by atoms with Crippen molar-refractivity contribution in [3.63, 3.8) is 0 Å². The average molecular weight is 233 g/mol. The van der Waals surface area contributed by atoms with Crippen LogP contribution in [-0.4, -0.2) is 4.98 Å². The molecule has 0 spiro atoms. The Morgan fingerprint density at radius 1 is 1.12 bits per heavy atom. The first kappa shape index (κ1) is 11.1. The largest absolute Gasteiger partial charge is 0.213 e. The molecule has 82 valence electrons. The summed E-state index contributed by atoms with van der Waals surface area (Å²) in [7, 11) is 0. The fourth-order valence-corrected chi connectivity index (χ4v) is 2.36. The molecule has 3 heteroatoms. The van der Waals surface area contributed by atoms with Crippen LogP contribution in [0.1, 0.15) is 11.1 Å². The highest BCUT2D eigenvalue weighted by Crippen LogP contribution is 2.29. The van der Waals surface area contributed by atoms with Crippen molar-refractivity contribution in [1.29, 1.82) is 0 Å². The fourth-order valence-electron chi connectivity index (χ4n) is 1.38. The Hall–Kier alpha value is -1.35. The monoisotopic (exact) mass is 233 g/mol. The van der Waals surface area contributed by atoms with Crippen molar-refractivity contribution < 1.29 is 4.39 Å². The number of rotatable bonds is 2. The summed E-state index contributed by atoms with van der Waals surface area (Å²) in [5, 5.41) is 0.689. The van der Waals surface area contributed by atoms with Gasteiger partial charge < -0.3 is 0 Å². The molecule has 0 aliphatic carbocycles. The van der Waals surface area contributed by atoms with Gasteiger partial charge in [-0.15, -0.1) is 0 Å². The van der Waals surface area contributed by atoms with Gasteiger partial charge in [0.2, 0.25) is 5.95 Å². The van der Waals surface area contributed by atoms with Crippen molar-refractivity contribution in [2.45, 2.75) is 23.8 Å². The first-order valence-corrected chi connectivity index (χ1v) is 5.84. The SMILES string of the molecule is Cc1ccc(C)c(Sc2cccc(F)n2)c1. The molecule has 1 aromatic carbocycles. The Labute approximate surface area is 98.7 Å². The molecule has 0 radical (unpaired) electrons. The number of pyridine rings is 1. The van der Waals surface area contributed by atoms with E-state index in [-0.39, 0.29) is 0 Å². The maximum absolute atomic E-state index is 12.9. The lowest BCUT2D eigenvalue weighted by atomic mass is 10.2. The van der Waals surface area contributed by atoms with E-state index in [4.69, 9.17) is 0 Å². The molecular weight excluding hydrogens is 221 g/mol. The molecule has 2 rings (SSSR count). The van der Waals surface area contributed by atoms with Gasteiger partial charge in [0.1, 0.15) is 5.03 Å². The molecule has 0 unspecified atom stereocenters. The van der Waals surface area contributed by atoms with Crippen molar-refractivity contribution in [2.75, 3.05) is 0 Å². The Kier molecular flexibility index (Phi) is 3.25. The van der Waals surface area contributed by atoms with E-state index in [9.17, 15) is 4.39 Å². The average Bonchev–Trinajstić information content (AvgIpc) is 2.24. The molecule has 0 aliphatic heterocycles. The number of hydrogen-bond donors (Lipinski definition) is 0. The number of nitrogens with zero attached hydrogens (tertiary/aromatic N) is 1. The lowest BCUT2D eigenvalue weighted by Gasteiger charge is -2.05. The van der Waals surface area contributed by atoms with Crippen molar-refractivity contribution in [3.05, 3.63) is 53.5 Å². The van der Waals surface area contributed by atoms with Crippen LogP contribution >= 0.6 is 11.8 Å². The molecule has 0 atom stereocenters. The third kappa shape index (κ3) is 2.61. The molecule has 0 amide bonds. The number of halogens is 1. The minimum Gasteiger partial charge on any atom is -0.213 e. The van der Waals surface area contributed by atoms with Crippen LogP contribution in [0.15, 0.2) is 46.3 Å². The van der Waals surface area contributed by atoms with Crippen LogP contribution in [0.5, 0.6) is 0 Å². The number of benzene rings is 1. The topological polar surface area (TPSA) is 12.9 Å². The summed E-state index contributed by atoms with van der Waals surface area (Å²) in [4.78, 5) is 4.96. The van der Waals surface area contributed by atoms with E-state index in [1.54, 1.807) is 6.07 Å². The first-order valence-electron chi connectivity index (χ1n) is 5.03. The summed E-state index contributed by atoms with van der Waals surface area (Å²) in [6, 6.07) is 11.1. The van der Waals surface area contributed by atoms with Crippen LogP contribution in [0.4, 0.5) is 4.39 Å². The van der Waals surface area contributed by atoms with Crippen molar-refractivity contribution >= 4 is 11.8 Å². The number of hydrogen-bond acceptors (Lipinski definition) is 2. The molecule has 0 saturated heterocycles. The van der Waals surface area contributed by atoms with Gasteiger partial charge in [0.15, 0.2) is 0 Å². The van der Waals surface area contributed by atoms with Crippen molar-refractivity contribution in [3.8, 4) is 0 Å². The van der Waals surface area contributed by atoms with Gasteiger partial charge in [0, 0.05) is 4.90 Å². The van der Waals surface area contributed by atoms with Gasteiger partial charge >= 0.3 is 0 Å². The zero-order chi connectivity index (χ0) is 11.5. The summed E-state index contributed by atoms with van der Waals surface area (Å²) >= 11 is 1.49. The lowest BCUT2D eigenvalue weighted by Crippen LogP contribution is -1.86. The zero-order valence-electron chi connectivity index (χ0n) is 9.20. The summed E-state index contributed by atoms with van der Waals surface area (Å²) in [6.45, 7) is 4.09. The van der Waals surface area contributed by atoms with E-state index >= 15 is 0 Å². The van der Waals surface area contributed by atoms with Crippen LogP contribution in [0, 0.1) is 19.8 Å². The quantitative estimate of drug-likeness (QED) is 0.727. The standard InChI is InChI=1S/C13H12FNS/c1-9-6-7-10(2)11(8-9)16-13-5-3-4-12(14)15-13/h3-8H,1-2H3. The Balaban J connectivity index is 2.30. The van der Waals surface area contributed by atoms with Crippen molar-refractivity contribution in [2.24, 2.45) is 0 Å². The minimum atomic E-state index is -0.435. The van der Waals surface area contributed by atoms with Gasteiger partial charge in [-0.2, -0.15) is 4.39 Å².